The minimum atomic E-state index is -4.38. The molecular weight excluding hydrogens is 601 g/mol. The Labute approximate surface area is 269 Å². The number of ether oxygens (including phenoxy) is 4. The molecule has 1 fully saturated rings. The molecule has 0 saturated carbocycles. The number of carbonyl (C=O) groups excluding carboxylic acids is 1. The number of para-hydroxylation sites is 1. The predicted octanol–water partition coefficient (Wildman–Crippen LogP) is 3.53. The zero-order valence-electron chi connectivity index (χ0n) is 26.8. The second kappa shape index (κ2) is 17.7. The van der Waals surface area contributed by atoms with Crippen molar-refractivity contribution >= 4 is 17.2 Å². The van der Waals surface area contributed by atoms with E-state index in [1.165, 1.54) is 11.7 Å². The van der Waals surface area contributed by atoms with Gasteiger partial charge >= 0.3 is 6.18 Å². The maximum absolute atomic E-state index is 13.3. The number of hydrogen-bond donors (Lipinski definition) is 2. The van der Waals surface area contributed by atoms with Gasteiger partial charge in [0.25, 0.3) is 0 Å². The van der Waals surface area contributed by atoms with Crippen LogP contribution in [-0.4, -0.2) is 114 Å². The van der Waals surface area contributed by atoms with Crippen molar-refractivity contribution < 1.29 is 36.9 Å². The number of fused-ring (bicyclic) bond motifs is 1. The molecule has 4 unspecified atom stereocenters. The van der Waals surface area contributed by atoms with Gasteiger partial charge in [-0.3, -0.25) is 10.1 Å². The van der Waals surface area contributed by atoms with Gasteiger partial charge in [-0.2, -0.15) is 13.2 Å². The van der Waals surface area contributed by atoms with Crippen LogP contribution in [0.1, 0.15) is 18.5 Å². The number of halogens is 3. The number of allylic oxidation sites excluding steroid dienone is 1. The van der Waals surface area contributed by atoms with Gasteiger partial charge in [-0.1, -0.05) is 24.1 Å². The quantitative estimate of drug-likeness (QED) is 0.163. The summed E-state index contributed by atoms with van der Waals surface area (Å²) in [5, 5.41) is 7.34. The summed E-state index contributed by atoms with van der Waals surface area (Å²) >= 11 is 0. The standard InChI is InChI=1S/C34H45F3N4O5/c1-38-29-10-13-40(2)22-26(29)11-14-44-15-16-45-17-18-46-32-21-30(33(43-3)20-27(32)23-42)39-12-6-8-28-19-25-7-4-5-9-31(25)41(28)24-34(35,36)37/h4-5,7,9,19-21,23,26,29-30,33,38-39H,10-18,22,24H2,1-3H3. The number of alkyl halides is 3. The molecule has 1 aromatic heterocycles. The van der Waals surface area contributed by atoms with Crippen molar-refractivity contribution in [3.05, 3.63) is 59.5 Å². The molecule has 0 bridgehead atoms. The number of rotatable bonds is 16. The number of aldehydes is 1. The fourth-order valence-electron chi connectivity index (χ4n) is 5.96. The van der Waals surface area contributed by atoms with Crippen molar-refractivity contribution in [1.29, 1.82) is 0 Å². The van der Waals surface area contributed by atoms with Gasteiger partial charge in [0.15, 0.2) is 6.29 Å². The first kappa shape index (κ1) is 35.7. The summed E-state index contributed by atoms with van der Waals surface area (Å²) in [6.07, 6.45) is 1.45. The highest BCUT2D eigenvalue weighted by Gasteiger charge is 2.30. The number of piperidine rings is 1. The van der Waals surface area contributed by atoms with Crippen LogP contribution in [0.5, 0.6) is 0 Å². The number of carbonyl (C=O) groups is 1. The molecule has 2 aromatic rings. The molecule has 9 nitrogen and oxygen atoms in total. The molecule has 1 aromatic carbocycles. The van der Waals surface area contributed by atoms with Crippen LogP contribution in [0.15, 0.2) is 53.8 Å². The van der Waals surface area contributed by atoms with Gasteiger partial charge in [-0.05, 0) is 69.6 Å². The first-order chi connectivity index (χ1) is 22.2. The summed E-state index contributed by atoms with van der Waals surface area (Å²) in [4.78, 5) is 14.1. The molecule has 0 radical (unpaired) electrons. The normalized spacial score (nSPS) is 22.2. The summed E-state index contributed by atoms with van der Waals surface area (Å²) in [6, 6.07) is 8.69. The third kappa shape index (κ3) is 10.4. The van der Waals surface area contributed by atoms with E-state index in [2.05, 4.69) is 34.4 Å². The van der Waals surface area contributed by atoms with Crippen molar-refractivity contribution in [3.63, 3.8) is 0 Å². The van der Waals surface area contributed by atoms with Crippen molar-refractivity contribution in [3.8, 4) is 11.8 Å². The highest BCUT2D eigenvalue weighted by Crippen LogP contribution is 2.26. The lowest BCUT2D eigenvalue weighted by Crippen LogP contribution is -2.47. The second-order valence-corrected chi connectivity index (χ2v) is 11.5. The molecule has 2 N–H and O–H groups in total. The third-order valence-corrected chi connectivity index (χ3v) is 8.30. The van der Waals surface area contributed by atoms with Gasteiger partial charge in [-0.15, -0.1) is 0 Å². The van der Waals surface area contributed by atoms with E-state index in [9.17, 15) is 18.0 Å². The van der Waals surface area contributed by atoms with Crippen LogP contribution >= 0.6 is 0 Å². The Bertz CT molecular complexity index is 1400. The summed E-state index contributed by atoms with van der Waals surface area (Å²) in [5.41, 5.74) is 1.12. The van der Waals surface area contributed by atoms with Gasteiger partial charge in [0.1, 0.15) is 18.9 Å². The fourth-order valence-corrected chi connectivity index (χ4v) is 5.96. The van der Waals surface area contributed by atoms with E-state index in [-0.39, 0.29) is 24.9 Å². The first-order valence-corrected chi connectivity index (χ1v) is 15.7. The Hall–Kier alpha value is -3.18. The van der Waals surface area contributed by atoms with E-state index in [4.69, 9.17) is 18.9 Å². The maximum atomic E-state index is 13.3. The van der Waals surface area contributed by atoms with E-state index in [0.29, 0.717) is 66.9 Å². The summed E-state index contributed by atoms with van der Waals surface area (Å²) in [7, 11) is 5.71. The van der Waals surface area contributed by atoms with Crippen LogP contribution in [0.2, 0.25) is 0 Å². The van der Waals surface area contributed by atoms with Crippen LogP contribution in [-0.2, 0) is 30.3 Å². The number of likely N-dealkylation sites (tertiary alicyclic amines) is 1. The summed E-state index contributed by atoms with van der Waals surface area (Å²) in [5.74, 6) is 6.77. The number of nitrogens with one attached hydrogen (secondary N) is 2. The summed E-state index contributed by atoms with van der Waals surface area (Å²) < 4.78 is 63.8. The molecule has 12 heteroatoms. The van der Waals surface area contributed by atoms with Crippen LogP contribution in [0, 0.1) is 17.8 Å². The Morgan fingerprint density at radius 1 is 1.09 bits per heavy atom. The van der Waals surface area contributed by atoms with E-state index >= 15 is 0 Å². The van der Waals surface area contributed by atoms with Gasteiger partial charge < -0.3 is 33.7 Å². The Morgan fingerprint density at radius 2 is 1.85 bits per heavy atom. The van der Waals surface area contributed by atoms with E-state index in [1.54, 1.807) is 42.5 Å². The molecule has 1 saturated heterocycles. The predicted molar refractivity (Wildman–Crippen MR) is 170 cm³/mol. The minimum absolute atomic E-state index is 0.169. The highest BCUT2D eigenvalue weighted by atomic mass is 19.4. The zero-order valence-corrected chi connectivity index (χ0v) is 26.8. The van der Waals surface area contributed by atoms with Gasteiger partial charge in [0.05, 0.1) is 49.8 Å². The highest BCUT2D eigenvalue weighted by molar-refractivity contribution is 5.82. The molecule has 1 aliphatic heterocycles. The van der Waals surface area contributed by atoms with Gasteiger partial charge in [-0.25, -0.2) is 0 Å². The van der Waals surface area contributed by atoms with Crippen LogP contribution in [0.4, 0.5) is 13.2 Å². The lowest BCUT2D eigenvalue weighted by molar-refractivity contribution is -0.140. The molecule has 2 aliphatic rings. The largest absolute Gasteiger partial charge is 0.491 e. The minimum Gasteiger partial charge on any atom is -0.491 e. The molecule has 252 valence electrons. The number of nitrogens with zero attached hydrogens (tertiary/aromatic N) is 2. The molecule has 46 heavy (non-hydrogen) atoms. The van der Waals surface area contributed by atoms with Crippen molar-refractivity contribution in [2.45, 2.75) is 43.8 Å². The number of aromatic nitrogens is 1. The van der Waals surface area contributed by atoms with Crippen LogP contribution < -0.4 is 10.6 Å². The molecular formula is C34H45F3N4O5. The van der Waals surface area contributed by atoms with Crippen LogP contribution in [0.25, 0.3) is 10.9 Å². The average molecular weight is 647 g/mol. The van der Waals surface area contributed by atoms with Crippen molar-refractivity contribution in [2.24, 2.45) is 5.92 Å². The first-order valence-electron chi connectivity index (χ1n) is 15.7. The maximum Gasteiger partial charge on any atom is 0.406 e. The van der Waals surface area contributed by atoms with Crippen molar-refractivity contribution in [1.82, 2.24) is 20.1 Å². The monoisotopic (exact) mass is 646 g/mol. The molecule has 0 spiro atoms. The van der Waals surface area contributed by atoms with E-state index < -0.39 is 18.8 Å². The van der Waals surface area contributed by atoms with E-state index in [1.807, 2.05) is 7.05 Å². The number of benzene rings is 1. The van der Waals surface area contributed by atoms with Gasteiger partial charge in [0.2, 0.25) is 0 Å². The molecule has 4 rings (SSSR count). The lowest BCUT2D eigenvalue weighted by Gasteiger charge is -2.36. The molecule has 4 atom stereocenters. The van der Waals surface area contributed by atoms with Crippen molar-refractivity contribution in [2.75, 3.05) is 73.9 Å². The Balaban J connectivity index is 1.23. The molecule has 2 heterocycles. The average Bonchev–Trinajstić information content (AvgIpc) is 3.37. The second-order valence-electron chi connectivity index (χ2n) is 11.5. The Kier molecular flexibility index (Phi) is 13.7. The third-order valence-electron chi connectivity index (χ3n) is 8.30. The number of hydrogen-bond acceptors (Lipinski definition) is 8. The summed E-state index contributed by atoms with van der Waals surface area (Å²) in [6.45, 7) is 3.42. The van der Waals surface area contributed by atoms with Crippen LogP contribution in [0.3, 0.4) is 0 Å². The Morgan fingerprint density at radius 3 is 2.59 bits per heavy atom. The van der Waals surface area contributed by atoms with Gasteiger partial charge in [0, 0.05) is 37.2 Å². The molecule has 1 aliphatic carbocycles. The lowest BCUT2D eigenvalue weighted by atomic mass is 9.90. The molecule has 0 amide bonds. The SMILES string of the molecule is CNC1CCN(C)CC1CCOCCOCCOC1=CC(NCC#Cc2cc3ccccc3n2CC(F)(F)F)C(OC)C=C1C=O. The zero-order chi connectivity index (χ0) is 32.9. The number of methoxy groups -OCH3 is 1. The smallest absolute Gasteiger partial charge is 0.406 e. The van der Waals surface area contributed by atoms with E-state index in [0.717, 1.165) is 25.9 Å². The fraction of sp³-hybridized carbons (Fsp3) is 0.559. The topological polar surface area (TPSA) is 86.2 Å².